The molecule has 1 atom stereocenters. The first-order valence-corrected chi connectivity index (χ1v) is 6.49. The zero-order chi connectivity index (χ0) is 13.4. The van der Waals surface area contributed by atoms with Gasteiger partial charge >= 0.3 is 5.97 Å². The minimum atomic E-state index is -1.01. The first kappa shape index (κ1) is 13.4. The third-order valence-corrected chi connectivity index (χ3v) is 4.18. The third-order valence-electron chi connectivity index (χ3n) is 2.93. The van der Waals surface area contributed by atoms with E-state index in [9.17, 15) is 4.79 Å². The number of benzene rings is 1. The van der Waals surface area contributed by atoms with E-state index in [4.69, 9.17) is 22.4 Å². The SMILES string of the molecule is Cn1c(Br)c(CC(N)C(=O)O)c2ccc(Cl)cc21. The van der Waals surface area contributed by atoms with Crippen LogP contribution in [0.3, 0.4) is 0 Å². The second-order valence-corrected chi connectivity index (χ2v) is 5.33. The van der Waals surface area contributed by atoms with Gasteiger partial charge in [-0.15, -0.1) is 0 Å². The number of aryl methyl sites for hydroxylation is 1. The number of carboxylic acids is 1. The first-order chi connectivity index (χ1) is 8.41. The molecule has 0 radical (unpaired) electrons. The summed E-state index contributed by atoms with van der Waals surface area (Å²) in [6.45, 7) is 0. The van der Waals surface area contributed by atoms with Crippen LogP contribution in [0.25, 0.3) is 10.9 Å². The van der Waals surface area contributed by atoms with Crippen molar-refractivity contribution in [3.8, 4) is 0 Å². The molecule has 6 heteroatoms. The average molecular weight is 332 g/mol. The average Bonchev–Trinajstić information content (AvgIpc) is 2.54. The Labute approximate surface area is 117 Å². The maximum absolute atomic E-state index is 10.8. The molecule has 1 aromatic heterocycles. The Morgan fingerprint density at radius 2 is 2.28 bits per heavy atom. The zero-order valence-electron chi connectivity index (χ0n) is 9.65. The van der Waals surface area contributed by atoms with Crippen LogP contribution in [0.2, 0.25) is 5.02 Å². The smallest absolute Gasteiger partial charge is 0.320 e. The molecule has 0 aliphatic heterocycles. The Kier molecular flexibility index (Phi) is 3.66. The predicted octanol–water partition coefficient (Wildman–Crippen LogP) is 2.55. The molecule has 1 aromatic carbocycles. The lowest BCUT2D eigenvalue weighted by molar-refractivity contribution is -0.138. The van der Waals surface area contributed by atoms with Gasteiger partial charge in [0.2, 0.25) is 0 Å². The molecule has 0 aliphatic rings. The number of aliphatic carboxylic acids is 1. The van der Waals surface area contributed by atoms with Crippen LogP contribution in [-0.4, -0.2) is 21.7 Å². The Balaban J connectivity index is 2.57. The van der Waals surface area contributed by atoms with Crippen LogP contribution in [0.4, 0.5) is 0 Å². The number of halogens is 2. The second-order valence-electron chi connectivity index (χ2n) is 4.14. The number of carboxylic acid groups (broad SMARTS) is 1. The van der Waals surface area contributed by atoms with Crippen LogP contribution in [0.1, 0.15) is 5.56 Å². The van der Waals surface area contributed by atoms with Crippen LogP contribution in [-0.2, 0) is 18.3 Å². The summed E-state index contributed by atoms with van der Waals surface area (Å²) in [6.07, 6.45) is 0.273. The van der Waals surface area contributed by atoms with Crippen molar-refractivity contribution in [3.05, 3.63) is 33.4 Å². The van der Waals surface area contributed by atoms with Crippen LogP contribution < -0.4 is 5.73 Å². The topological polar surface area (TPSA) is 68.2 Å². The van der Waals surface area contributed by atoms with Crippen LogP contribution in [0.15, 0.2) is 22.8 Å². The highest BCUT2D eigenvalue weighted by atomic mass is 79.9. The second kappa shape index (κ2) is 4.91. The van der Waals surface area contributed by atoms with Crippen molar-refractivity contribution in [2.45, 2.75) is 12.5 Å². The van der Waals surface area contributed by atoms with Crippen LogP contribution in [0.5, 0.6) is 0 Å². The summed E-state index contributed by atoms with van der Waals surface area (Å²) in [6, 6.07) is 4.60. The fraction of sp³-hybridized carbons (Fsp3) is 0.250. The maximum Gasteiger partial charge on any atom is 0.320 e. The van der Waals surface area contributed by atoms with Gasteiger partial charge < -0.3 is 15.4 Å². The van der Waals surface area contributed by atoms with Gasteiger partial charge in [-0.25, -0.2) is 0 Å². The minimum Gasteiger partial charge on any atom is -0.480 e. The van der Waals surface area contributed by atoms with Crippen molar-refractivity contribution in [1.29, 1.82) is 0 Å². The van der Waals surface area contributed by atoms with Gasteiger partial charge in [0, 0.05) is 23.9 Å². The third kappa shape index (κ3) is 2.25. The quantitative estimate of drug-likeness (QED) is 0.908. The number of aromatic nitrogens is 1. The number of hydrogen-bond donors (Lipinski definition) is 2. The molecule has 18 heavy (non-hydrogen) atoms. The van der Waals surface area contributed by atoms with Gasteiger partial charge in [0.15, 0.2) is 0 Å². The molecular formula is C12H12BrClN2O2. The summed E-state index contributed by atoms with van der Waals surface area (Å²) in [5.74, 6) is -1.01. The van der Waals surface area contributed by atoms with Crippen molar-refractivity contribution in [3.63, 3.8) is 0 Å². The van der Waals surface area contributed by atoms with Crippen molar-refractivity contribution < 1.29 is 9.90 Å². The molecular weight excluding hydrogens is 320 g/mol. The summed E-state index contributed by atoms with van der Waals surface area (Å²) in [5, 5.41) is 10.5. The Morgan fingerprint density at radius 3 is 2.89 bits per heavy atom. The van der Waals surface area contributed by atoms with Gasteiger partial charge in [0.25, 0.3) is 0 Å². The fourth-order valence-electron chi connectivity index (χ4n) is 1.96. The molecule has 0 saturated carbocycles. The van der Waals surface area contributed by atoms with Gasteiger partial charge in [-0.3, -0.25) is 4.79 Å². The summed E-state index contributed by atoms with van der Waals surface area (Å²) < 4.78 is 2.75. The van der Waals surface area contributed by atoms with E-state index in [2.05, 4.69) is 15.9 Å². The monoisotopic (exact) mass is 330 g/mol. The first-order valence-electron chi connectivity index (χ1n) is 5.32. The van der Waals surface area contributed by atoms with Crippen LogP contribution >= 0.6 is 27.5 Å². The molecule has 0 bridgehead atoms. The van der Waals surface area contributed by atoms with E-state index in [-0.39, 0.29) is 6.42 Å². The van der Waals surface area contributed by atoms with Gasteiger partial charge in [0.05, 0.1) is 10.1 Å². The van der Waals surface area contributed by atoms with Crippen molar-refractivity contribution in [1.82, 2.24) is 4.57 Å². The van der Waals surface area contributed by atoms with E-state index in [1.165, 1.54) is 0 Å². The number of nitrogens with two attached hydrogens (primary N) is 1. The molecule has 0 spiro atoms. The number of fused-ring (bicyclic) bond motifs is 1. The van der Waals surface area contributed by atoms with E-state index in [1.807, 2.05) is 23.7 Å². The number of rotatable bonds is 3. The van der Waals surface area contributed by atoms with E-state index < -0.39 is 12.0 Å². The van der Waals surface area contributed by atoms with Crippen LogP contribution in [0, 0.1) is 0 Å². The van der Waals surface area contributed by atoms with Gasteiger partial charge in [0.1, 0.15) is 6.04 Å². The number of hydrogen-bond acceptors (Lipinski definition) is 2. The molecule has 0 fully saturated rings. The predicted molar refractivity (Wildman–Crippen MR) is 74.9 cm³/mol. The molecule has 4 nitrogen and oxygen atoms in total. The molecule has 1 heterocycles. The van der Waals surface area contributed by atoms with Gasteiger partial charge in [-0.05, 0) is 33.6 Å². The zero-order valence-corrected chi connectivity index (χ0v) is 12.0. The Hall–Kier alpha value is -1.04. The fourth-order valence-corrected chi connectivity index (χ4v) is 2.69. The lowest BCUT2D eigenvalue weighted by atomic mass is 10.1. The van der Waals surface area contributed by atoms with Crippen molar-refractivity contribution in [2.24, 2.45) is 12.8 Å². The Morgan fingerprint density at radius 1 is 1.61 bits per heavy atom. The van der Waals surface area contributed by atoms with E-state index in [1.54, 1.807) is 6.07 Å². The van der Waals surface area contributed by atoms with Gasteiger partial charge in [-0.2, -0.15) is 0 Å². The Bertz CT molecular complexity index is 624. The lowest BCUT2D eigenvalue weighted by Gasteiger charge is -2.06. The molecule has 96 valence electrons. The van der Waals surface area contributed by atoms with Crippen molar-refractivity contribution >= 4 is 44.4 Å². The standard InChI is InChI=1S/C12H12BrClN2O2/c1-16-10-4-6(14)2-3-7(10)8(11(16)13)5-9(15)12(17)18/h2-4,9H,5,15H2,1H3,(H,17,18). The largest absolute Gasteiger partial charge is 0.480 e. The summed E-state index contributed by atoms with van der Waals surface area (Å²) in [5.41, 5.74) is 7.43. The van der Waals surface area contributed by atoms with E-state index in [0.717, 1.165) is 21.1 Å². The normalized spacial score (nSPS) is 12.9. The summed E-state index contributed by atoms with van der Waals surface area (Å²) in [7, 11) is 1.89. The molecule has 2 aromatic rings. The molecule has 0 saturated heterocycles. The number of carbonyl (C=O) groups is 1. The van der Waals surface area contributed by atoms with E-state index in [0.29, 0.717) is 5.02 Å². The molecule has 0 aliphatic carbocycles. The summed E-state index contributed by atoms with van der Waals surface area (Å²) >= 11 is 9.43. The van der Waals surface area contributed by atoms with E-state index >= 15 is 0 Å². The molecule has 1 unspecified atom stereocenters. The highest BCUT2D eigenvalue weighted by Gasteiger charge is 2.19. The molecule has 3 N–H and O–H groups in total. The molecule has 0 amide bonds. The minimum absolute atomic E-state index is 0.273. The lowest BCUT2D eigenvalue weighted by Crippen LogP contribution is -2.32. The van der Waals surface area contributed by atoms with Crippen molar-refractivity contribution in [2.75, 3.05) is 0 Å². The highest BCUT2D eigenvalue weighted by molar-refractivity contribution is 9.10. The van der Waals surface area contributed by atoms with Gasteiger partial charge in [-0.1, -0.05) is 17.7 Å². The summed E-state index contributed by atoms with van der Waals surface area (Å²) in [4.78, 5) is 10.8. The molecule has 2 rings (SSSR count). The maximum atomic E-state index is 10.8. The number of nitrogens with zero attached hydrogens (tertiary/aromatic N) is 1. The highest BCUT2D eigenvalue weighted by Crippen LogP contribution is 2.31.